The molecule has 5 rings (SSSR count). The number of amides is 1. The number of nitrogens with zero attached hydrogens (tertiary/aromatic N) is 5. The summed E-state index contributed by atoms with van der Waals surface area (Å²) in [5.41, 5.74) is 6.70. The van der Waals surface area contributed by atoms with Crippen molar-refractivity contribution in [3.05, 3.63) is 64.7 Å². The summed E-state index contributed by atoms with van der Waals surface area (Å²) >= 11 is 0. The van der Waals surface area contributed by atoms with Gasteiger partial charge >= 0.3 is 5.69 Å². The minimum atomic E-state index is 0.00728. The topological polar surface area (TPSA) is 74.3 Å². The van der Waals surface area contributed by atoms with E-state index < -0.39 is 0 Å². The Balaban J connectivity index is 1.61. The highest BCUT2D eigenvalue weighted by molar-refractivity contribution is 5.88. The highest BCUT2D eigenvalue weighted by Gasteiger charge is 2.21. The fourth-order valence-corrected chi connectivity index (χ4v) is 4.87. The molecule has 4 aromatic rings. The van der Waals surface area contributed by atoms with E-state index in [9.17, 15) is 9.59 Å². The molecule has 0 unspecified atom stereocenters. The molecule has 8 heteroatoms. The van der Waals surface area contributed by atoms with Crippen molar-refractivity contribution in [3.63, 3.8) is 0 Å². The van der Waals surface area contributed by atoms with Crippen molar-refractivity contribution in [2.75, 3.05) is 26.3 Å². The SMILES string of the molecule is CCn1c(=O)n(CC)c2cc(-c3cn(CC(=O)N4CCOCC4)nc3-c3cccc(C)c3)ccc21. The van der Waals surface area contributed by atoms with Gasteiger partial charge in [-0.15, -0.1) is 0 Å². The van der Waals surface area contributed by atoms with Crippen LogP contribution in [0, 0.1) is 6.92 Å². The molecule has 2 aromatic heterocycles. The lowest BCUT2D eigenvalue weighted by atomic mass is 10.0. The first-order valence-electron chi connectivity index (χ1n) is 12.2. The van der Waals surface area contributed by atoms with Gasteiger partial charge in [0.25, 0.3) is 0 Å². The third-order valence-corrected chi connectivity index (χ3v) is 6.68. The number of hydrogen-bond donors (Lipinski definition) is 0. The summed E-state index contributed by atoms with van der Waals surface area (Å²) in [6, 6.07) is 14.3. The van der Waals surface area contributed by atoms with Gasteiger partial charge in [-0.05, 0) is 44.5 Å². The maximum atomic E-state index is 12.9. The van der Waals surface area contributed by atoms with Crippen LogP contribution < -0.4 is 5.69 Å². The first kappa shape index (κ1) is 23.1. The van der Waals surface area contributed by atoms with Crippen LogP contribution in [0.5, 0.6) is 0 Å². The fraction of sp³-hybridized carbons (Fsp3) is 0.370. The summed E-state index contributed by atoms with van der Waals surface area (Å²) in [6.45, 7) is 9.79. The van der Waals surface area contributed by atoms with Gasteiger partial charge in [0.05, 0.1) is 24.2 Å². The molecule has 0 bridgehead atoms. The second-order valence-electron chi connectivity index (χ2n) is 8.93. The summed E-state index contributed by atoms with van der Waals surface area (Å²) in [7, 11) is 0. The number of morpholine rings is 1. The zero-order valence-corrected chi connectivity index (χ0v) is 20.5. The minimum absolute atomic E-state index is 0.00728. The van der Waals surface area contributed by atoms with Crippen molar-refractivity contribution in [1.29, 1.82) is 0 Å². The van der Waals surface area contributed by atoms with E-state index in [1.807, 2.05) is 49.2 Å². The number of benzene rings is 2. The molecular formula is C27H31N5O3. The van der Waals surface area contributed by atoms with Gasteiger partial charge < -0.3 is 9.64 Å². The Morgan fingerprint density at radius 3 is 2.43 bits per heavy atom. The summed E-state index contributed by atoms with van der Waals surface area (Å²) in [4.78, 5) is 27.6. The zero-order valence-electron chi connectivity index (χ0n) is 20.5. The van der Waals surface area contributed by atoms with Gasteiger partial charge in [-0.2, -0.15) is 5.10 Å². The van der Waals surface area contributed by atoms with E-state index in [1.54, 1.807) is 13.8 Å². The Hall–Kier alpha value is -3.65. The molecule has 3 heterocycles. The van der Waals surface area contributed by atoms with E-state index in [0.29, 0.717) is 39.4 Å². The third-order valence-electron chi connectivity index (χ3n) is 6.68. The normalized spacial score (nSPS) is 14.1. The first-order chi connectivity index (χ1) is 17.0. The average Bonchev–Trinajstić information content (AvgIpc) is 3.41. The lowest BCUT2D eigenvalue weighted by Gasteiger charge is -2.26. The molecule has 1 saturated heterocycles. The molecule has 1 fully saturated rings. The van der Waals surface area contributed by atoms with Crippen LogP contribution in [0.4, 0.5) is 0 Å². The molecule has 1 amide bonds. The molecule has 0 spiro atoms. The van der Waals surface area contributed by atoms with Crippen molar-refractivity contribution in [3.8, 4) is 22.4 Å². The van der Waals surface area contributed by atoms with Gasteiger partial charge in [0.2, 0.25) is 5.91 Å². The van der Waals surface area contributed by atoms with E-state index in [-0.39, 0.29) is 18.1 Å². The first-order valence-corrected chi connectivity index (χ1v) is 12.2. The highest BCUT2D eigenvalue weighted by Crippen LogP contribution is 2.33. The molecular weight excluding hydrogens is 442 g/mol. The molecule has 8 nitrogen and oxygen atoms in total. The van der Waals surface area contributed by atoms with Gasteiger partial charge in [-0.3, -0.25) is 18.6 Å². The van der Waals surface area contributed by atoms with Gasteiger partial charge in [0.15, 0.2) is 0 Å². The molecule has 182 valence electrons. The quantitative estimate of drug-likeness (QED) is 0.429. The number of carbonyl (C=O) groups excluding carboxylic acids is 1. The number of ether oxygens (including phenoxy) is 1. The smallest absolute Gasteiger partial charge is 0.329 e. The molecule has 0 radical (unpaired) electrons. The van der Waals surface area contributed by atoms with Crippen molar-refractivity contribution < 1.29 is 9.53 Å². The van der Waals surface area contributed by atoms with Crippen molar-refractivity contribution in [2.45, 2.75) is 40.4 Å². The van der Waals surface area contributed by atoms with Crippen LogP contribution >= 0.6 is 0 Å². The van der Waals surface area contributed by atoms with Crippen LogP contribution in [0.15, 0.2) is 53.5 Å². The average molecular weight is 474 g/mol. The summed E-state index contributed by atoms with van der Waals surface area (Å²) < 4.78 is 10.7. The van der Waals surface area contributed by atoms with E-state index in [0.717, 1.165) is 39.0 Å². The van der Waals surface area contributed by atoms with E-state index in [2.05, 4.69) is 25.1 Å². The number of hydrogen-bond acceptors (Lipinski definition) is 4. The van der Waals surface area contributed by atoms with Crippen molar-refractivity contribution in [1.82, 2.24) is 23.8 Å². The van der Waals surface area contributed by atoms with E-state index >= 15 is 0 Å². The second-order valence-corrected chi connectivity index (χ2v) is 8.93. The Morgan fingerprint density at radius 1 is 0.971 bits per heavy atom. The molecule has 0 aliphatic carbocycles. The minimum Gasteiger partial charge on any atom is -0.378 e. The molecule has 1 aliphatic heterocycles. The molecule has 0 saturated carbocycles. The zero-order chi connectivity index (χ0) is 24.5. The molecule has 1 aliphatic rings. The van der Waals surface area contributed by atoms with Crippen LogP contribution in [-0.4, -0.2) is 56.0 Å². The van der Waals surface area contributed by atoms with Crippen LogP contribution in [0.1, 0.15) is 19.4 Å². The van der Waals surface area contributed by atoms with Crippen LogP contribution in [0.2, 0.25) is 0 Å². The van der Waals surface area contributed by atoms with Gasteiger partial charge in [-0.1, -0.05) is 29.8 Å². The fourth-order valence-electron chi connectivity index (χ4n) is 4.87. The van der Waals surface area contributed by atoms with Gasteiger partial charge in [-0.25, -0.2) is 4.79 Å². The number of imidazole rings is 1. The molecule has 35 heavy (non-hydrogen) atoms. The van der Waals surface area contributed by atoms with Crippen LogP contribution in [0.25, 0.3) is 33.4 Å². The lowest BCUT2D eigenvalue weighted by Crippen LogP contribution is -2.42. The maximum absolute atomic E-state index is 12.9. The van der Waals surface area contributed by atoms with Crippen molar-refractivity contribution >= 4 is 16.9 Å². The molecule has 2 aromatic carbocycles. The summed E-state index contributed by atoms with van der Waals surface area (Å²) in [5, 5.41) is 4.86. The Kier molecular flexibility index (Phi) is 6.30. The maximum Gasteiger partial charge on any atom is 0.329 e. The predicted molar refractivity (Wildman–Crippen MR) is 136 cm³/mol. The van der Waals surface area contributed by atoms with Gasteiger partial charge in [0, 0.05) is 43.5 Å². The highest BCUT2D eigenvalue weighted by atomic mass is 16.5. The van der Waals surface area contributed by atoms with Gasteiger partial charge in [0.1, 0.15) is 12.2 Å². The van der Waals surface area contributed by atoms with Crippen LogP contribution in [-0.2, 0) is 29.2 Å². The lowest BCUT2D eigenvalue weighted by molar-refractivity contribution is -0.136. The number of aromatic nitrogens is 4. The standard InChI is InChI=1S/C27H31N5O3/c1-4-31-23-10-9-20(16-24(23)32(5-2)27(31)34)22-17-30(18-25(33)29-11-13-35-14-12-29)28-26(22)21-8-6-7-19(3)15-21/h6-10,15-17H,4-5,11-14,18H2,1-3H3. The number of aryl methyl sites for hydroxylation is 3. The number of rotatable bonds is 6. The Labute approximate surface area is 204 Å². The Morgan fingerprint density at radius 2 is 1.71 bits per heavy atom. The monoisotopic (exact) mass is 473 g/mol. The summed E-state index contributed by atoms with van der Waals surface area (Å²) in [6.07, 6.45) is 1.95. The predicted octanol–water partition coefficient (Wildman–Crippen LogP) is 3.54. The van der Waals surface area contributed by atoms with E-state index in [4.69, 9.17) is 9.84 Å². The van der Waals surface area contributed by atoms with Crippen molar-refractivity contribution in [2.24, 2.45) is 0 Å². The third kappa shape index (κ3) is 4.30. The summed E-state index contributed by atoms with van der Waals surface area (Å²) in [5.74, 6) is 0.0356. The van der Waals surface area contributed by atoms with Crippen LogP contribution in [0.3, 0.4) is 0 Å². The molecule has 0 atom stereocenters. The Bertz CT molecular complexity index is 1440. The van der Waals surface area contributed by atoms with E-state index in [1.165, 1.54) is 0 Å². The molecule has 0 N–H and O–H groups in total. The number of fused-ring (bicyclic) bond motifs is 1. The number of carbonyl (C=O) groups is 1. The largest absolute Gasteiger partial charge is 0.378 e. The second kappa shape index (κ2) is 9.54.